The van der Waals surface area contributed by atoms with Gasteiger partial charge in [-0.1, -0.05) is 25.8 Å². The summed E-state index contributed by atoms with van der Waals surface area (Å²) in [5, 5.41) is 2.96. The second-order valence-electron chi connectivity index (χ2n) is 5.62. The Bertz CT molecular complexity index is 519. The van der Waals surface area contributed by atoms with Crippen molar-refractivity contribution in [3.8, 4) is 0 Å². The molecule has 4 nitrogen and oxygen atoms in total. The van der Waals surface area contributed by atoms with Crippen molar-refractivity contribution >= 4 is 17.6 Å². The number of carbonyl (C=O) groups excluding carboxylic acids is 2. The molecule has 1 aliphatic rings. The summed E-state index contributed by atoms with van der Waals surface area (Å²) in [5.41, 5.74) is 2.22. The van der Waals surface area contributed by atoms with Crippen LogP contribution in [-0.2, 0) is 16.0 Å². The van der Waals surface area contributed by atoms with E-state index >= 15 is 0 Å². The van der Waals surface area contributed by atoms with Crippen LogP contribution >= 0.6 is 0 Å². The lowest BCUT2D eigenvalue weighted by Gasteiger charge is -2.13. The van der Waals surface area contributed by atoms with Gasteiger partial charge in [0.05, 0.1) is 12.7 Å². The Morgan fingerprint density at radius 1 is 1.29 bits per heavy atom. The second-order valence-corrected chi connectivity index (χ2v) is 5.62. The number of methoxy groups -OCH3 is 1. The van der Waals surface area contributed by atoms with Gasteiger partial charge in [-0.3, -0.25) is 4.79 Å². The normalized spacial score (nSPS) is 15.0. The van der Waals surface area contributed by atoms with Crippen molar-refractivity contribution in [1.82, 2.24) is 0 Å². The second kappa shape index (κ2) is 7.25. The first kappa shape index (κ1) is 15.5. The fraction of sp³-hybridized carbons (Fsp3) is 0.529. The Hall–Kier alpha value is -1.84. The molecule has 2 rings (SSSR count). The SMILES string of the molecule is CCc1ccc(C(=O)OC)cc1NC(=O)CC1CCCC1. The maximum atomic E-state index is 12.2. The summed E-state index contributed by atoms with van der Waals surface area (Å²) >= 11 is 0. The van der Waals surface area contributed by atoms with Gasteiger partial charge in [-0.15, -0.1) is 0 Å². The molecule has 1 aromatic carbocycles. The highest BCUT2D eigenvalue weighted by Gasteiger charge is 2.19. The first-order valence-corrected chi connectivity index (χ1v) is 7.65. The number of hydrogen-bond acceptors (Lipinski definition) is 3. The van der Waals surface area contributed by atoms with E-state index in [4.69, 9.17) is 4.74 Å². The molecule has 0 saturated heterocycles. The van der Waals surface area contributed by atoms with Gasteiger partial charge in [0.25, 0.3) is 0 Å². The molecule has 0 aromatic heterocycles. The maximum Gasteiger partial charge on any atom is 0.337 e. The molecule has 0 aliphatic heterocycles. The molecule has 0 spiro atoms. The van der Waals surface area contributed by atoms with Crippen LogP contribution in [0.1, 0.15) is 54.9 Å². The van der Waals surface area contributed by atoms with E-state index in [0.29, 0.717) is 17.9 Å². The zero-order chi connectivity index (χ0) is 15.2. The first-order chi connectivity index (χ1) is 10.1. The van der Waals surface area contributed by atoms with Crippen LogP contribution in [0.15, 0.2) is 18.2 Å². The van der Waals surface area contributed by atoms with Crippen molar-refractivity contribution in [2.75, 3.05) is 12.4 Å². The van der Waals surface area contributed by atoms with Crippen LogP contribution in [-0.4, -0.2) is 19.0 Å². The monoisotopic (exact) mass is 289 g/mol. The molecular weight excluding hydrogens is 266 g/mol. The van der Waals surface area contributed by atoms with Crippen LogP contribution in [0.2, 0.25) is 0 Å². The lowest BCUT2D eigenvalue weighted by molar-refractivity contribution is -0.117. The van der Waals surface area contributed by atoms with Gasteiger partial charge >= 0.3 is 5.97 Å². The third-order valence-corrected chi connectivity index (χ3v) is 4.13. The van der Waals surface area contributed by atoms with E-state index in [2.05, 4.69) is 5.32 Å². The summed E-state index contributed by atoms with van der Waals surface area (Å²) in [7, 11) is 1.36. The summed E-state index contributed by atoms with van der Waals surface area (Å²) < 4.78 is 4.73. The molecule has 1 aliphatic carbocycles. The van der Waals surface area contributed by atoms with E-state index in [9.17, 15) is 9.59 Å². The van der Waals surface area contributed by atoms with Gasteiger partial charge < -0.3 is 10.1 Å². The van der Waals surface area contributed by atoms with E-state index in [0.717, 1.165) is 30.5 Å². The Labute approximate surface area is 125 Å². The third kappa shape index (κ3) is 4.06. The van der Waals surface area contributed by atoms with Crippen molar-refractivity contribution in [3.63, 3.8) is 0 Å². The molecule has 21 heavy (non-hydrogen) atoms. The Morgan fingerprint density at radius 3 is 2.62 bits per heavy atom. The van der Waals surface area contributed by atoms with Gasteiger partial charge in [-0.05, 0) is 42.9 Å². The Kier molecular flexibility index (Phi) is 5.37. The van der Waals surface area contributed by atoms with Gasteiger partial charge in [0.1, 0.15) is 0 Å². The average molecular weight is 289 g/mol. The number of ether oxygens (including phenoxy) is 1. The molecule has 0 unspecified atom stereocenters. The van der Waals surface area contributed by atoms with Crippen molar-refractivity contribution in [2.45, 2.75) is 45.4 Å². The smallest absolute Gasteiger partial charge is 0.337 e. The minimum atomic E-state index is -0.385. The highest BCUT2D eigenvalue weighted by molar-refractivity contribution is 5.95. The molecule has 114 valence electrons. The highest BCUT2D eigenvalue weighted by atomic mass is 16.5. The van der Waals surface area contributed by atoms with E-state index < -0.39 is 0 Å². The third-order valence-electron chi connectivity index (χ3n) is 4.13. The summed E-state index contributed by atoms with van der Waals surface area (Å²) in [6, 6.07) is 5.31. The predicted octanol–water partition coefficient (Wildman–Crippen LogP) is 3.55. The van der Waals surface area contributed by atoms with E-state index in [1.165, 1.54) is 20.0 Å². The minimum Gasteiger partial charge on any atom is -0.465 e. The van der Waals surface area contributed by atoms with E-state index in [1.807, 2.05) is 13.0 Å². The number of carbonyl (C=O) groups is 2. The number of amides is 1. The largest absolute Gasteiger partial charge is 0.465 e. The topological polar surface area (TPSA) is 55.4 Å². The number of esters is 1. The number of benzene rings is 1. The zero-order valence-electron chi connectivity index (χ0n) is 12.8. The van der Waals surface area contributed by atoms with Crippen LogP contribution in [0.4, 0.5) is 5.69 Å². The molecule has 0 atom stereocenters. The van der Waals surface area contributed by atoms with Gasteiger partial charge in [0.2, 0.25) is 5.91 Å². The fourth-order valence-electron chi connectivity index (χ4n) is 2.92. The summed E-state index contributed by atoms with van der Waals surface area (Å²) in [6.07, 6.45) is 6.14. The summed E-state index contributed by atoms with van der Waals surface area (Å²) in [4.78, 5) is 23.8. The van der Waals surface area contributed by atoms with Crippen LogP contribution in [0.5, 0.6) is 0 Å². The van der Waals surface area contributed by atoms with Gasteiger partial charge in [0.15, 0.2) is 0 Å². The van der Waals surface area contributed by atoms with Crippen LogP contribution in [0.3, 0.4) is 0 Å². The van der Waals surface area contributed by atoms with Crippen molar-refractivity contribution < 1.29 is 14.3 Å². The number of rotatable bonds is 5. The van der Waals surface area contributed by atoms with Gasteiger partial charge in [-0.25, -0.2) is 4.79 Å². The first-order valence-electron chi connectivity index (χ1n) is 7.65. The number of hydrogen-bond donors (Lipinski definition) is 1. The average Bonchev–Trinajstić information content (AvgIpc) is 2.99. The Morgan fingerprint density at radius 2 is 2.00 bits per heavy atom. The molecule has 1 aromatic rings. The summed E-state index contributed by atoms with van der Waals surface area (Å²) in [6.45, 7) is 2.03. The van der Waals surface area contributed by atoms with Crippen molar-refractivity contribution in [2.24, 2.45) is 5.92 Å². The predicted molar refractivity (Wildman–Crippen MR) is 82.4 cm³/mol. The number of anilines is 1. The standard InChI is InChI=1S/C17H23NO3/c1-3-13-8-9-14(17(20)21-2)11-15(13)18-16(19)10-12-6-4-5-7-12/h8-9,11-12H,3-7,10H2,1-2H3,(H,18,19). The molecule has 1 N–H and O–H groups in total. The molecular formula is C17H23NO3. The Balaban J connectivity index is 2.09. The van der Waals surface area contributed by atoms with Gasteiger partial charge in [-0.2, -0.15) is 0 Å². The summed E-state index contributed by atoms with van der Waals surface area (Å²) in [5.74, 6) is 0.168. The van der Waals surface area contributed by atoms with Crippen LogP contribution in [0, 0.1) is 5.92 Å². The number of aryl methyl sites for hydroxylation is 1. The molecule has 0 bridgehead atoms. The molecule has 4 heteroatoms. The van der Waals surface area contributed by atoms with E-state index in [-0.39, 0.29) is 11.9 Å². The molecule has 1 fully saturated rings. The fourth-order valence-corrected chi connectivity index (χ4v) is 2.92. The maximum absolute atomic E-state index is 12.2. The van der Waals surface area contributed by atoms with Gasteiger partial charge in [0, 0.05) is 12.1 Å². The quantitative estimate of drug-likeness (QED) is 0.843. The minimum absolute atomic E-state index is 0.0404. The molecule has 1 amide bonds. The van der Waals surface area contributed by atoms with E-state index in [1.54, 1.807) is 12.1 Å². The highest BCUT2D eigenvalue weighted by Crippen LogP contribution is 2.28. The lowest BCUT2D eigenvalue weighted by atomic mass is 10.0. The van der Waals surface area contributed by atoms with Crippen molar-refractivity contribution in [1.29, 1.82) is 0 Å². The van der Waals surface area contributed by atoms with Crippen LogP contribution < -0.4 is 5.32 Å². The molecule has 0 heterocycles. The molecule has 1 saturated carbocycles. The lowest BCUT2D eigenvalue weighted by Crippen LogP contribution is -2.16. The molecule has 0 radical (unpaired) electrons. The van der Waals surface area contributed by atoms with Crippen LogP contribution in [0.25, 0.3) is 0 Å². The van der Waals surface area contributed by atoms with Crippen molar-refractivity contribution in [3.05, 3.63) is 29.3 Å². The zero-order valence-corrected chi connectivity index (χ0v) is 12.8. The number of nitrogens with one attached hydrogen (secondary N) is 1.